The summed E-state index contributed by atoms with van der Waals surface area (Å²) in [5, 5.41) is 2.89. The van der Waals surface area contributed by atoms with E-state index in [1.165, 1.54) is 10.6 Å². The molecule has 1 N–H and O–H groups in total. The van der Waals surface area contributed by atoms with Gasteiger partial charge in [-0.2, -0.15) is 0 Å². The first-order valence-corrected chi connectivity index (χ1v) is 9.35. The van der Waals surface area contributed by atoms with Crippen molar-refractivity contribution in [2.24, 2.45) is 5.92 Å². The van der Waals surface area contributed by atoms with E-state index in [0.29, 0.717) is 23.7 Å². The van der Waals surface area contributed by atoms with Crippen LogP contribution in [0.3, 0.4) is 0 Å². The van der Waals surface area contributed by atoms with Crippen molar-refractivity contribution in [1.82, 2.24) is 0 Å². The lowest BCUT2D eigenvalue weighted by molar-refractivity contribution is -0.119. The molecule has 1 aliphatic carbocycles. The van der Waals surface area contributed by atoms with Gasteiger partial charge in [0.2, 0.25) is 15.9 Å². The normalized spacial score (nSPS) is 18.7. The zero-order chi connectivity index (χ0) is 15.7. The van der Waals surface area contributed by atoms with Crippen molar-refractivity contribution in [3.8, 4) is 5.75 Å². The van der Waals surface area contributed by atoms with E-state index < -0.39 is 10.0 Å². The maximum absolute atomic E-state index is 12.2. The molecule has 7 heteroatoms. The summed E-state index contributed by atoms with van der Waals surface area (Å²) < 4.78 is 30.6. The van der Waals surface area contributed by atoms with Crippen LogP contribution in [0.25, 0.3) is 0 Å². The molecule has 6 nitrogen and oxygen atoms in total. The number of rotatable bonds is 3. The summed E-state index contributed by atoms with van der Waals surface area (Å²) in [5.74, 6) is 0.605. The second-order valence-electron chi connectivity index (χ2n) is 5.84. The molecule has 0 saturated heterocycles. The number of benzene rings is 1. The molecule has 22 heavy (non-hydrogen) atoms. The van der Waals surface area contributed by atoms with Gasteiger partial charge in [0.25, 0.3) is 0 Å². The molecule has 0 atom stereocenters. The van der Waals surface area contributed by atoms with Crippen LogP contribution in [-0.4, -0.2) is 33.7 Å². The molecule has 2 aliphatic rings. The van der Waals surface area contributed by atoms with E-state index >= 15 is 0 Å². The fraction of sp³-hybridized carbons (Fsp3) is 0.533. The summed E-state index contributed by atoms with van der Waals surface area (Å²) in [7, 11) is -3.36. The van der Waals surface area contributed by atoms with Crippen molar-refractivity contribution >= 4 is 27.3 Å². The van der Waals surface area contributed by atoms with Gasteiger partial charge in [0.1, 0.15) is 12.4 Å². The van der Waals surface area contributed by atoms with E-state index in [0.717, 1.165) is 25.7 Å². The fourth-order valence-electron chi connectivity index (χ4n) is 3.05. The van der Waals surface area contributed by atoms with Crippen LogP contribution in [0.4, 0.5) is 11.4 Å². The lowest BCUT2D eigenvalue weighted by Gasteiger charge is -2.29. The largest absolute Gasteiger partial charge is 0.489 e. The molecule has 120 valence electrons. The van der Waals surface area contributed by atoms with Gasteiger partial charge in [-0.15, -0.1) is 0 Å². The second-order valence-corrected chi connectivity index (χ2v) is 7.74. The van der Waals surface area contributed by atoms with Crippen LogP contribution in [0.1, 0.15) is 25.7 Å². The molecule has 1 amide bonds. The molecule has 0 aromatic heterocycles. The number of nitrogens with zero attached hydrogens (tertiary/aromatic N) is 1. The van der Waals surface area contributed by atoms with Gasteiger partial charge >= 0.3 is 0 Å². The van der Waals surface area contributed by atoms with Crippen LogP contribution in [0, 0.1) is 5.92 Å². The van der Waals surface area contributed by atoms with Crippen LogP contribution in [-0.2, 0) is 14.8 Å². The molecule has 1 aromatic rings. The van der Waals surface area contributed by atoms with Crippen molar-refractivity contribution in [2.45, 2.75) is 25.7 Å². The minimum atomic E-state index is -3.36. The summed E-state index contributed by atoms with van der Waals surface area (Å²) in [5.41, 5.74) is 1.09. The van der Waals surface area contributed by atoms with E-state index in [-0.39, 0.29) is 18.4 Å². The topological polar surface area (TPSA) is 75.7 Å². The number of carbonyl (C=O) groups is 1. The van der Waals surface area contributed by atoms with E-state index in [4.69, 9.17) is 4.74 Å². The Labute approximate surface area is 130 Å². The molecular formula is C15H20N2O4S. The van der Waals surface area contributed by atoms with Crippen molar-refractivity contribution in [2.75, 3.05) is 29.0 Å². The van der Waals surface area contributed by atoms with Crippen molar-refractivity contribution in [3.05, 3.63) is 18.2 Å². The van der Waals surface area contributed by atoms with E-state index in [9.17, 15) is 13.2 Å². The molecular weight excluding hydrogens is 304 g/mol. The maximum Gasteiger partial charge on any atom is 0.232 e. The van der Waals surface area contributed by atoms with Gasteiger partial charge in [0, 0.05) is 11.6 Å². The van der Waals surface area contributed by atoms with Gasteiger partial charge < -0.3 is 10.1 Å². The standard InChI is InChI=1S/C15H20N2O4S/c1-22(19,20)17-8-9-21-14-7-6-12(10-13(14)17)16-15(18)11-4-2-3-5-11/h6-7,10-11H,2-5,8-9H2,1H3,(H,16,18). The molecule has 1 fully saturated rings. The molecule has 1 saturated carbocycles. The first-order chi connectivity index (χ1) is 10.4. The van der Waals surface area contributed by atoms with Crippen molar-refractivity contribution in [3.63, 3.8) is 0 Å². The predicted molar refractivity (Wildman–Crippen MR) is 84.7 cm³/mol. The van der Waals surface area contributed by atoms with E-state index in [1.807, 2.05) is 0 Å². The first-order valence-electron chi connectivity index (χ1n) is 7.50. The third kappa shape index (κ3) is 3.04. The third-order valence-electron chi connectivity index (χ3n) is 4.17. The number of hydrogen-bond acceptors (Lipinski definition) is 4. The second kappa shape index (κ2) is 5.79. The summed E-state index contributed by atoms with van der Waals surface area (Å²) in [6.07, 6.45) is 5.21. The molecule has 1 aliphatic heterocycles. The average Bonchev–Trinajstić information content (AvgIpc) is 2.99. The molecule has 0 bridgehead atoms. The number of carbonyl (C=O) groups excluding carboxylic acids is 1. The number of nitrogens with one attached hydrogen (secondary N) is 1. The molecule has 1 aromatic carbocycles. The summed E-state index contributed by atoms with van der Waals surface area (Å²) >= 11 is 0. The monoisotopic (exact) mass is 324 g/mol. The highest BCUT2D eigenvalue weighted by Gasteiger charge is 2.27. The smallest absolute Gasteiger partial charge is 0.232 e. The summed E-state index contributed by atoms with van der Waals surface area (Å²) in [6, 6.07) is 5.12. The van der Waals surface area contributed by atoms with Crippen LogP contribution in [0.15, 0.2) is 18.2 Å². The SMILES string of the molecule is CS(=O)(=O)N1CCOc2ccc(NC(=O)C3CCCC3)cc21. The van der Waals surface area contributed by atoms with Gasteiger partial charge in [-0.1, -0.05) is 12.8 Å². The summed E-state index contributed by atoms with van der Waals surface area (Å²) in [4.78, 5) is 12.2. The van der Waals surface area contributed by atoms with E-state index in [2.05, 4.69) is 5.32 Å². The molecule has 1 heterocycles. The lowest BCUT2D eigenvalue weighted by atomic mass is 10.1. The summed E-state index contributed by atoms with van der Waals surface area (Å²) in [6.45, 7) is 0.611. The number of sulfonamides is 1. The Bertz CT molecular complexity index is 681. The lowest BCUT2D eigenvalue weighted by Crippen LogP contribution is -2.37. The number of amides is 1. The Balaban J connectivity index is 1.84. The van der Waals surface area contributed by atoms with Gasteiger partial charge in [-0.3, -0.25) is 9.10 Å². The van der Waals surface area contributed by atoms with Crippen LogP contribution in [0.5, 0.6) is 5.75 Å². The molecule has 3 rings (SSSR count). The van der Waals surface area contributed by atoms with Gasteiger partial charge in [-0.25, -0.2) is 8.42 Å². The molecule has 0 radical (unpaired) electrons. The van der Waals surface area contributed by atoms with Gasteiger partial charge in [0.05, 0.1) is 18.5 Å². The van der Waals surface area contributed by atoms with Crippen LogP contribution >= 0.6 is 0 Å². The highest BCUT2D eigenvalue weighted by molar-refractivity contribution is 7.92. The van der Waals surface area contributed by atoms with Crippen LogP contribution in [0.2, 0.25) is 0 Å². The van der Waals surface area contributed by atoms with Crippen molar-refractivity contribution in [1.29, 1.82) is 0 Å². The number of hydrogen-bond donors (Lipinski definition) is 1. The maximum atomic E-state index is 12.2. The number of anilines is 2. The minimum Gasteiger partial charge on any atom is -0.489 e. The van der Waals surface area contributed by atoms with Gasteiger partial charge in [-0.05, 0) is 31.0 Å². The number of ether oxygens (including phenoxy) is 1. The zero-order valence-electron chi connectivity index (χ0n) is 12.5. The van der Waals surface area contributed by atoms with E-state index in [1.54, 1.807) is 18.2 Å². The Morgan fingerprint density at radius 3 is 2.73 bits per heavy atom. The van der Waals surface area contributed by atoms with Gasteiger partial charge in [0.15, 0.2) is 0 Å². The minimum absolute atomic E-state index is 0.0140. The average molecular weight is 324 g/mol. The molecule has 0 spiro atoms. The molecule has 0 unspecified atom stereocenters. The first kappa shape index (κ1) is 15.1. The van der Waals surface area contributed by atoms with Crippen molar-refractivity contribution < 1.29 is 17.9 Å². The highest BCUT2D eigenvalue weighted by Crippen LogP contribution is 2.36. The fourth-order valence-corrected chi connectivity index (χ4v) is 3.95. The quantitative estimate of drug-likeness (QED) is 0.922. The Hall–Kier alpha value is -1.76. The Kier molecular flexibility index (Phi) is 3.99. The predicted octanol–water partition coefficient (Wildman–Crippen LogP) is 1.97. The highest BCUT2D eigenvalue weighted by atomic mass is 32.2. The third-order valence-corrected chi connectivity index (χ3v) is 5.35. The van der Waals surface area contributed by atoms with Crippen LogP contribution < -0.4 is 14.4 Å². The Morgan fingerprint density at radius 2 is 2.05 bits per heavy atom. The Morgan fingerprint density at radius 1 is 1.32 bits per heavy atom. The zero-order valence-corrected chi connectivity index (χ0v) is 13.4. The number of fused-ring (bicyclic) bond motifs is 1.